The van der Waals surface area contributed by atoms with Crippen LogP contribution in [0.15, 0.2) is 24.3 Å². The molecule has 1 aromatic carbocycles. The molecule has 1 unspecified atom stereocenters. The van der Waals surface area contributed by atoms with E-state index in [0.717, 1.165) is 5.56 Å². The van der Waals surface area contributed by atoms with E-state index in [1.165, 1.54) is 0 Å². The SMILES string of the molecule is CCC(=O)NCC(O)c1ccc(Cl)cc1. The summed E-state index contributed by atoms with van der Waals surface area (Å²) < 4.78 is 0. The van der Waals surface area contributed by atoms with E-state index >= 15 is 0 Å². The van der Waals surface area contributed by atoms with Gasteiger partial charge in [0, 0.05) is 18.0 Å². The zero-order chi connectivity index (χ0) is 11.3. The molecule has 0 aromatic heterocycles. The second-order valence-electron chi connectivity index (χ2n) is 3.22. The van der Waals surface area contributed by atoms with Gasteiger partial charge in [-0.1, -0.05) is 30.7 Å². The second kappa shape index (κ2) is 5.73. The van der Waals surface area contributed by atoms with Crippen LogP contribution in [0.1, 0.15) is 25.0 Å². The van der Waals surface area contributed by atoms with Gasteiger partial charge in [0.25, 0.3) is 0 Å². The zero-order valence-electron chi connectivity index (χ0n) is 8.53. The summed E-state index contributed by atoms with van der Waals surface area (Å²) in [7, 11) is 0. The van der Waals surface area contributed by atoms with Crippen molar-refractivity contribution in [2.24, 2.45) is 0 Å². The van der Waals surface area contributed by atoms with Crippen molar-refractivity contribution in [1.82, 2.24) is 5.32 Å². The highest BCUT2D eigenvalue weighted by Crippen LogP contribution is 2.15. The van der Waals surface area contributed by atoms with Gasteiger partial charge in [0.05, 0.1) is 6.10 Å². The third-order valence-corrected chi connectivity index (χ3v) is 2.32. The number of nitrogens with one attached hydrogen (secondary N) is 1. The lowest BCUT2D eigenvalue weighted by molar-refractivity contribution is -0.121. The quantitative estimate of drug-likeness (QED) is 0.826. The summed E-state index contributed by atoms with van der Waals surface area (Å²) in [6.07, 6.45) is -0.259. The van der Waals surface area contributed by atoms with Crippen molar-refractivity contribution in [2.45, 2.75) is 19.4 Å². The lowest BCUT2D eigenvalue weighted by Gasteiger charge is -2.11. The normalized spacial score (nSPS) is 12.2. The number of halogens is 1. The second-order valence-corrected chi connectivity index (χ2v) is 3.66. The summed E-state index contributed by atoms with van der Waals surface area (Å²) in [5, 5.41) is 12.9. The van der Waals surface area contributed by atoms with E-state index in [1.54, 1.807) is 31.2 Å². The Balaban J connectivity index is 2.50. The molecule has 0 bridgehead atoms. The summed E-state index contributed by atoms with van der Waals surface area (Å²) in [6.45, 7) is 2.00. The van der Waals surface area contributed by atoms with E-state index in [1.807, 2.05) is 0 Å². The molecule has 0 spiro atoms. The number of carbonyl (C=O) groups excluding carboxylic acids is 1. The van der Waals surface area contributed by atoms with Crippen LogP contribution in [0.5, 0.6) is 0 Å². The molecular formula is C11H14ClNO2. The van der Waals surface area contributed by atoms with Crippen LogP contribution in [0.3, 0.4) is 0 Å². The molecule has 15 heavy (non-hydrogen) atoms. The summed E-state index contributed by atoms with van der Waals surface area (Å²) >= 11 is 5.71. The third-order valence-electron chi connectivity index (χ3n) is 2.07. The first kappa shape index (κ1) is 12.0. The Morgan fingerprint density at radius 3 is 2.60 bits per heavy atom. The number of aliphatic hydroxyl groups is 1. The predicted molar refractivity (Wildman–Crippen MR) is 59.7 cm³/mol. The molecule has 0 heterocycles. The fourth-order valence-electron chi connectivity index (χ4n) is 1.14. The molecule has 0 saturated heterocycles. The fraction of sp³-hybridized carbons (Fsp3) is 0.364. The minimum Gasteiger partial charge on any atom is -0.387 e. The summed E-state index contributed by atoms with van der Waals surface area (Å²) in [6, 6.07) is 6.90. The van der Waals surface area contributed by atoms with Crippen LogP contribution in [0, 0.1) is 0 Å². The lowest BCUT2D eigenvalue weighted by atomic mass is 10.1. The standard InChI is InChI=1S/C11H14ClNO2/c1-2-11(15)13-7-10(14)8-3-5-9(12)6-4-8/h3-6,10,14H,2,7H2,1H3,(H,13,15). The number of carbonyl (C=O) groups is 1. The number of rotatable bonds is 4. The lowest BCUT2D eigenvalue weighted by Crippen LogP contribution is -2.27. The molecule has 82 valence electrons. The maximum absolute atomic E-state index is 11.0. The van der Waals surface area contributed by atoms with Crippen molar-refractivity contribution in [2.75, 3.05) is 6.54 Å². The van der Waals surface area contributed by atoms with Gasteiger partial charge < -0.3 is 10.4 Å². The topological polar surface area (TPSA) is 49.3 Å². The van der Waals surface area contributed by atoms with Crippen LogP contribution < -0.4 is 5.32 Å². The Labute approximate surface area is 94.1 Å². The molecule has 4 heteroatoms. The van der Waals surface area contributed by atoms with Crippen molar-refractivity contribution >= 4 is 17.5 Å². The average molecular weight is 228 g/mol. The average Bonchev–Trinajstić information content (AvgIpc) is 2.26. The van der Waals surface area contributed by atoms with Crippen molar-refractivity contribution in [1.29, 1.82) is 0 Å². The highest BCUT2D eigenvalue weighted by molar-refractivity contribution is 6.30. The van der Waals surface area contributed by atoms with Crippen molar-refractivity contribution in [3.63, 3.8) is 0 Å². The summed E-state index contributed by atoms with van der Waals surface area (Å²) in [5.41, 5.74) is 0.746. The number of aliphatic hydroxyl groups excluding tert-OH is 1. The predicted octanol–water partition coefficient (Wildman–Crippen LogP) is 1.90. The zero-order valence-corrected chi connectivity index (χ0v) is 9.29. The molecule has 0 aliphatic rings. The van der Waals surface area contributed by atoms with E-state index in [-0.39, 0.29) is 12.5 Å². The van der Waals surface area contributed by atoms with Gasteiger partial charge in [0.1, 0.15) is 0 Å². The monoisotopic (exact) mass is 227 g/mol. The smallest absolute Gasteiger partial charge is 0.219 e. The maximum atomic E-state index is 11.0. The first-order chi connectivity index (χ1) is 7.13. The van der Waals surface area contributed by atoms with Crippen LogP contribution in [0.4, 0.5) is 0 Å². The van der Waals surface area contributed by atoms with E-state index in [2.05, 4.69) is 5.32 Å². The van der Waals surface area contributed by atoms with E-state index in [9.17, 15) is 9.90 Å². The first-order valence-electron chi connectivity index (χ1n) is 4.83. The van der Waals surface area contributed by atoms with Crippen LogP contribution in [0.2, 0.25) is 5.02 Å². The highest BCUT2D eigenvalue weighted by Gasteiger charge is 2.08. The Morgan fingerprint density at radius 1 is 1.47 bits per heavy atom. The maximum Gasteiger partial charge on any atom is 0.219 e. The Bertz CT molecular complexity index is 324. The molecule has 1 rings (SSSR count). The van der Waals surface area contributed by atoms with Gasteiger partial charge in [-0.2, -0.15) is 0 Å². The van der Waals surface area contributed by atoms with E-state index < -0.39 is 6.10 Å². The first-order valence-corrected chi connectivity index (χ1v) is 5.21. The molecule has 0 radical (unpaired) electrons. The van der Waals surface area contributed by atoms with Crippen LogP contribution in [-0.4, -0.2) is 17.6 Å². The summed E-state index contributed by atoms with van der Waals surface area (Å²) in [4.78, 5) is 11.0. The Hall–Kier alpha value is -1.06. The minimum absolute atomic E-state index is 0.0667. The van der Waals surface area contributed by atoms with Crippen molar-refractivity contribution in [3.8, 4) is 0 Å². The fourth-order valence-corrected chi connectivity index (χ4v) is 1.26. The number of benzene rings is 1. The minimum atomic E-state index is -0.683. The molecular weight excluding hydrogens is 214 g/mol. The van der Waals surface area contributed by atoms with Gasteiger partial charge in [-0.05, 0) is 17.7 Å². The third kappa shape index (κ3) is 3.90. The number of hydrogen-bond acceptors (Lipinski definition) is 2. The van der Waals surface area contributed by atoms with Gasteiger partial charge >= 0.3 is 0 Å². The van der Waals surface area contributed by atoms with E-state index in [4.69, 9.17) is 11.6 Å². The van der Waals surface area contributed by atoms with Crippen LogP contribution >= 0.6 is 11.6 Å². The highest BCUT2D eigenvalue weighted by atomic mass is 35.5. The molecule has 0 aliphatic heterocycles. The molecule has 1 atom stereocenters. The Kier molecular flexibility index (Phi) is 4.59. The number of amides is 1. The van der Waals surface area contributed by atoms with Crippen molar-refractivity contribution in [3.05, 3.63) is 34.9 Å². The van der Waals surface area contributed by atoms with Gasteiger partial charge in [0.15, 0.2) is 0 Å². The van der Waals surface area contributed by atoms with Gasteiger partial charge in [0.2, 0.25) is 5.91 Å². The molecule has 0 aliphatic carbocycles. The molecule has 1 amide bonds. The largest absolute Gasteiger partial charge is 0.387 e. The molecule has 0 saturated carbocycles. The molecule has 1 aromatic rings. The van der Waals surface area contributed by atoms with Crippen LogP contribution in [-0.2, 0) is 4.79 Å². The van der Waals surface area contributed by atoms with Gasteiger partial charge in [-0.15, -0.1) is 0 Å². The molecule has 0 fully saturated rings. The van der Waals surface area contributed by atoms with Gasteiger partial charge in [-0.3, -0.25) is 4.79 Å². The molecule has 2 N–H and O–H groups in total. The molecule has 3 nitrogen and oxygen atoms in total. The van der Waals surface area contributed by atoms with Crippen molar-refractivity contribution < 1.29 is 9.90 Å². The number of hydrogen-bond donors (Lipinski definition) is 2. The summed E-state index contributed by atoms with van der Waals surface area (Å²) in [5.74, 6) is -0.0667. The van der Waals surface area contributed by atoms with Gasteiger partial charge in [-0.25, -0.2) is 0 Å². The van der Waals surface area contributed by atoms with E-state index in [0.29, 0.717) is 11.4 Å². The van der Waals surface area contributed by atoms with Crippen LogP contribution in [0.25, 0.3) is 0 Å². The Morgan fingerprint density at radius 2 is 2.07 bits per heavy atom.